The Morgan fingerprint density at radius 3 is 1.29 bits per heavy atom. The van der Waals surface area contributed by atoms with Gasteiger partial charge in [0.05, 0.1) is 18.0 Å². The Bertz CT molecular complexity index is 1420. The van der Waals surface area contributed by atoms with Crippen LogP contribution in [-0.2, 0) is 20.7 Å². The maximum Gasteiger partial charge on any atom is 0.244 e. The van der Waals surface area contributed by atoms with Gasteiger partial charge >= 0.3 is 0 Å². The average molecular weight is 778 g/mol. The van der Waals surface area contributed by atoms with E-state index in [2.05, 4.69) is 68.3 Å². The highest BCUT2D eigenvalue weighted by Gasteiger charge is 2.35. The van der Waals surface area contributed by atoms with E-state index in [-0.39, 0.29) is 12.0 Å². The zero-order valence-corrected chi connectivity index (χ0v) is 30.7. The highest BCUT2D eigenvalue weighted by Crippen LogP contribution is 2.42. The molecule has 7 nitrogen and oxygen atoms in total. The van der Waals surface area contributed by atoms with Crippen LogP contribution in [0.2, 0.25) is 0 Å². The highest BCUT2D eigenvalue weighted by atomic mass is 79.9. The summed E-state index contributed by atoms with van der Waals surface area (Å²) in [5.74, 6) is 0. The molecule has 0 saturated carbocycles. The smallest absolute Gasteiger partial charge is 0.244 e. The number of hydrogen-bond donors (Lipinski definition) is 0. The molecule has 0 aliphatic carbocycles. The van der Waals surface area contributed by atoms with E-state index in [9.17, 15) is 10.0 Å². The molecule has 3 aromatic carbocycles. The molecular formula is C38H43BBr2N2O5. The van der Waals surface area contributed by atoms with E-state index < -0.39 is 7.32 Å². The lowest BCUT2D eigenvalue weighted by Crippen LogP contribution is -2.48. The van der Waals surface area contributed by atoms with Crippen molar-refractivity contribution in [1.29, 1.82) is 0 Å². The van der Waals surface area contributed by atoms with E-state index in [1.807, 2.05) is 117 Å². The molecule has 0 saturated heterocycles. The summed E-state index contributed by atoms with van der Waals surface area (Å²) in [4.78, 5) is 10.6. The number of hydrogen-bond acceptors (Lipinski definition) is 5. The van der Waals surface area contributed by atoms with E-state index in [1.54, 1.807) is 9.46 Å². The van der Waals surface area contributed by atoms with Gasteiger partial charge in [-0.05, 0) is 55.5 Å². The van der Waals surface area contributed by atoms with Crippen molar-refractivity contribution in [2.45, 2.75) is 42.8 Å². The van der Waals surface area contributed by atoms with Crippen LogP contribution in [-0.4, -0.2) is 27.1 Å². The van der Waals surface area contributed by atoms with Crippen LogP contribution in [0.25, 0.3) is 0 Å². The lowest BCUT2D eigenvalue weighted by atomic mass is 9.67. The van der Waals surface area contributed by atoms with Gasteiger partial charge in [0, 0.05) is 45.7 Å². The predicted octanol–water partition coefficient (Wildman–Crippen LogP) is 5.16. The highest BCUT2D eigenvalue weighted by molar-refractivity contribution is 9.08. The van der Waals surface area contributed by atoms with Crippen LogP contribution in [0.1, 0.15) is 54.8 Å². The van der Waals surface area contributed by atoms with Gasteiger partial charge in [-0.2, -0.15) is 0 Å². The minimum Gasteiger partial charge on any atom is -0.871 e. The zero-order valence-electron chi connectivity index (χ0n) is 27.5. The standard InChI is InChI=1S/C22H21BO3.2C8H11BrNO/c24-23(25)26-18-10-17-22(19-11-4-1-5-12-19,20-13-6-2-7-14-20)21-15-8-3-9-16-21;2*1-2-11-10-6-4-3-5-8(10)7-9/h1-9,11-16H,10,17-18H2;2*3-6H,2,7H2,1H3/q-2;2*+1. The molecule has 0 spiro atoms. The lowest BCUT2D eigenvalue weighted by molar-refractivity contribution is -0.895. The van der Waals surface area contributed by atoms with Gasteiger partial charge in [0.15, 0.2) is 13.2 Å². The minimum atomic E-state index is -2.23. The Labute approximate surface area is 302 Å². The summed E-state index contributed by atoms with van der Waals surface area (Å²) in [6.45, 7) is 5.48. The van der Waals surface area contributed by atoms with E-state index >= 15 is 0 Å². The molecule has 48 heavy (non-hydrogen) atoms. The lowest BCUT2D eigenvalue weighted by Gasteiger charge is -2.37. The van der Waals surface area contributed by atoms with Crippen LogP contribution in [0, 0.1) is 0 Å². The number of nitrogens with zero attached hydrogens (tertiary/aromatic N) is 2. The number of aromatic nitrogens is 2. The number of halogens is 2. The SMILES string of the molecule is CCO[n+]1ccccc1CBr.CCO[n+]1ccccc1CBr.[O-]B([O-])OCCCC(c1ccccc1)(c1ccccc1)c1ccccc1. The molecule has 5 rings (SSSR count). The van der Waals surface area contributed by atoms with Crippen molar-refractivity contribution in [1.82, 2.24) is 0 Å². The summed E-state index contributed by atoms with van der Waals surface area (Å²) in [6, 6.07) is 42.9. The van der Waals surface area contributed by atoms with Gasteiger partial charge in [-0.1, -0.05) is 123 Å². The zero-order chi connectivity index (χ0) is 34.5. The molecule has 0 bridgehead atoms. The molecule has 0 radical (unpaired) electrons. The van der Waals surface area contributed by atoms with Gasteiger partial charge in [0.25, 0.3) is 0 Å². The fourth-order valence-electron chi connectivity index (χ4n) is 5.28. The summed E-state index contributed by atoms with van der Waals surface area (Å²) in [7, 11) is -2.23. The summed E-state index contributed by atoms with van der Waals surface area (Å²) >= 11 is 6.75. The third-order valence-electron chi connectivity index (χ3n) is 7.37. The molecular weight excluding hydrogens is 735 g/mol. The van der Waals surface area contributed by atoms with Crippen molar-refractivity contribution in [2.75, 3.05) is 19.8 Å². The Morgan fingerprint density at radius 1 is 0.583 bits per heavy atom. The second-order valence-corrected chi connectivity index (χ2v) is 11.5. The molecule has 0 atom stereocenters. The Balaban J connectivity index is 0.000000233. The van der Waals surface area contributed by atoms with Gasteiger partial charge in [-0.3, -0.25) is 9.68 Å². The topological polar surface area (TPSA) is 81.6 Å². The van der Waals surface area contributed by atoms with Crippen LogP contribution in [0.3, 0.4) is 0 Å². The maximum absolute atomic E-state index is 10.7. The van der Waals surface area contributed by atoms with E-state index in [1.165, 1.54) is 16.7 Å². The molecule has 0 amide bonds. The minimum absolute atomic E-state index is 0.159. The Kier molecular flexibility index (Phi) is 18.0. The first-order chi connectivity index (χ1) is 23.5. The largest absolute Gasteiger partial charge is 0.871 e. The molecule has 10 heteroatoms. The quantitative estimate of drug-likeness (QED) is 0.0512. The second kappa shape index (κ2) is 22.2. The van der Waals surface area contributed by atoms with E-state index in [0.29, 0.717) is 19.6 Å². The summed E-state index contributed by atoms with van der Waals surface area (Å²) in [6.07, 6.45) is 5.15. The van der Waals surface area contributed by atoms with Gasteiger partial charge in [-0.25, -0.2) is 0 Å². The van der Waals surface area contributed by atoms with Gasteiger partial charge in [0.1, 0.15) is 0 Å². The van der Waals surface area contributed by atoms with Gasteiger partial charge < -0.3 is 14.7 Å². The molecule has 0 fully saturated rings. The average Bonchev–Trinajstić information content (AvgIpc) is 3.14. The van der Waals surface area contributed by atoms with Crippen molar-refractivity contribution < 1.29 is 33.8 Å². The fraction of sp³-hybridized carbons (Fsp3) is 0.263. The predicted molar refractivity (Wildman–Crippen MR) is 193 cm³/mol. The summed E-state index contributed by atoms with van der Waals surface area (Å²) < 4.78 is 8.28. The number of alkyl halides is 2. The van der Waals surface area contributed by atoms with Crippen LogP contribution in [0.5, 0.6) is 0 Å². The van der Waals surface area contributed by atoms with E-state index in [4.69, 9.17) is 14.3 Å². The summed E-state index contributed by atoms with van der Waals surface area (Å²) in [5.41, 5.74) is 5.41. The molecule has 0 N–H and O–H groups in total. The van der Waals surface area contributed by atoms with Gasteiger partial charge in [-0.15, -0.1) is 0 Å². The van der Waals surface area contributed by atoms with Crippen molar-refractivity contribution >= 4 is 39.2 Å². The Hall–Kier alpha value is -3.54. The van der Waals surface area contributed by atoms with Crippen LogP contribution >= 0.6 is 31.9 Å². The Morgan fingerprint density at radius 2 is 0.958 bits per heavy atom. The normalized spacial score (nSPS) is 10.5. The number of benzene rings is 3. The molecule has 2 aromatic heterocycles. The first-order valence-corrected chi connectivity index (χ1v) is 18.2. The third-order valence-corrected chi connectivity index (χ3v) is 8.52. The van der Waals surface area contributed by atoms with Crippen LogP contribution in [0.15, 0.2) is 140 Å². The molecule has 0 aliphatic heterocycles. The van der Waals surface area contributed by atoms with Crippen molar-refractivity contribution in [2.24, 2.45) is 0 Å². The number of pyridine rings is 2. The molecule has 252 valence electrons. The maximum atomic E-state index is 10.7. The second-order valence-electron chi connectivity index (χ2n) is 10.4. The molecule has 2 heterocycles. The number of rotatable bonds is 14. The van der Waals surface area contributed by atoms with Crippen molar-refractivity contribution in [3.8, 4) is 0 Å². The first kappa shape index (κ1) is 38.9. The third kappa shape index (κ3) is 11.9. The van der Waals surface area contributed by atoms with Crippen LogP contribution < -0.4 is 29.2 Å². The molecule has 5 aromatic rings. The molecule has 0 aliphatic rings. The van der Waals surface area contributed by atoms with Crippen LogP contribution in [0.4, 0.5) is 0 Å². The first-order valence-electron chi connectivity index (χ1n) is 16.0. The van der Waals surface area contributed by atoms with E-state index in [0.717, 1.165) is 28.5 Å². The summed E-state index contributed by atoms with van der Waals surface area (Å²) in [5, 5.41) is 23.0. The fourth-order valence-corrected chi connectivity index (χ4v) is 6.15. The monoisotopic (exact) mass is 776 g/mol. The van der Waals surface area contributed by atoms with Crippen molar-refractivity contribution in [3.05, 3.63) is 168 Å². The van der Waals surface area contributed by atoms with Gasteiger partial charge in [0.2, 0.25) is 23.8 Å². The van der Waals surface area contributed by atoms with Crippen molar-refractivity contribution in [3.63, 3.8) is 0 Å². The molecule has 0 unspecified atom stereocenters.